The van der Waals surface area contributed by atoms with Gasteiger partial charge in [-0.05, 0) is 29.9 Å². The Morgan fingerprint density at radius 1 is 1.12 bits per heavy atom. The fourth-order valence-electron chi connectivity index (χ4n) is 1.72. The predicted octanol–water partition coefficient (Wildman–Crippen LogP) is 3.99. The number of thiophene rings is 1. The van der Waals surface area contributed by atoms with Gasteiger partial charge in [0, 0.05) is 4.88 Å². The third-order valence-corrected chi connectivity index (χ3v) is 3.59. The highest BCUT2D eigenvalue weighted by Crippen LogP contribution is 2.25. The van der Waals surface area contributed by atoms with Gasteiger partial charge in [-0.15, -0.1) is 11.3 Å². The molecular weight excluding hydrogens is 214 g/mol. The van der Waals surface area contributed by atoms with Crippen LogP contribution in [0.4, 0.5) is 0 Å². The summed E-state index contributed by atoms with van der Waals surface area (Å²) in [5.41, 5.74) is 1.30. The first-order valence-corrected chi connectivity index (χ1v) is 6.25. The Morgan fingerprint density at radius 2 is 1.94 bits per heavy atom. The van der Waals surface area contributed by atoms with Crippen LogP contribution < -0.4 is 0 Å². The van der Waals surface area contributed by atoms with Gasteiger partial charge in [0.2, 0.25) is 0 Å². The minimum atomic E-state index is 0.0419. The average Bonchev–Trinajstić information content (AvgIpc) is 2.85. The van der Waals surface area contributed by atoms with Crippen molar-refractivity contribution in [3.05, 3.63) is 58.3 Å². The number of benzene rings is 1. The summed E-state index contributed by atoms with van der Waals surface area (Å²) in [6.07, 6.45) is 1.87. The van der Waals surface area contributed by atoms with Crippen molar-refractivity contribution in [3.63, 3.8) is 0 Å². The van der Waals surface area contributed by atoms with Gasteiger partial charge < -0.3 is 0 Å². The molecule has 0 aliphatic rings. The summed E-state index contributed by atoms with van der Waals surface area (Å²) in [6, 6.07) is 16.8. The molecule has 0 spiro atoms. The van der Waals surface area contributed by atoms with E-state index in [1.807, 2.05) is 35.7 Å². The highest BCUT2D eigenvalue weighted by atomic mass is 32.1. The van der Waals surface area contributed by atoms with E-state index in [4.69, 9.17) is 5.26 Å². The molecule has 0 aliphatic heterocycles. The zero-order valence-corrected chi connectivity index (χ0v) is 9.78. The summed E-state index contributed by atoms with van der Waals surface area (Å²) in [4.78, 5) is 1.18. The highest BCUT2D eigenvalue weighted by molar-refractivity contribution is 7.10. The minimum Gasteiger partial charge on any atom is -0.198 e. The zero-order valence-electron chi connectivity index (χ0n) is 8.97. The number of hydrogen-bond acceptors (Lipinski definition) is 2. The molecule has 0 radical (unpaired) electrons. The largest absolute Gasteiger partial charge is 0.198 e. The molecular formula is C14H13NS. The van der Waals surface area contributed by atoms with Gasteiger partial charge in [0.05, 0.1) is 12.0 Å². The molecule has 2 aromatic rings. The first-order valence-electron chi connectivity index (χ1n) is 5.37. The maximum atomic E-state index is 9.13. The van der Waals surface area contributed by atoms with E-state index in [1.165, 1.54) is 10.4 Å². The fraction of sp³-hybridized carbons (Fsp3) is 0.214. The summed E-state index contributed by atoms with van der Waals surface area (Å²) in [6.45, 7) is 0. The molecule has 0 bridgehead atoms. The van der Waals surface area contributed by atoms with E-state index in [1.54, 1.807) is 11.3 Å². The molecule has 2 rings (SSSR count). The first-order chi connectivity index (χ1) is 7.90. The summed E-state index contributed by atoms with van der Waals surface area (Å²) in [5, 5.41) is 11.2. The van der Waals surface area contributed by atoms with Gasteiger partial charge >= 0.3 is 0 Å². The Morgan fingerprint density at radius 3 is 2.56 bits per heavy atom. The van der Waals surface area contributed by atoms with E-state index in [2.05, 4.69) is 18.2 Å². The van der Waals surface area contributed by atoms with E-state index in [0.29, 0.717) is 0 Å². The minimum absolute atomic E-state index is 0.0419. The number of nitrogens with zero attached hydrogens (tertiary/aromatic N) is 1. The molecule has 0 N–H and O–H groups in total. The molecule has 2 heteroatoms. The summed E-state index contributed by atoms with van der Waals surface area (Å²) in [5.74, 6) is 0.0419. The van der Waals surface area contributed by atoms with Crippen LogP contribution in [-0.2, 0) is 6.42 Å². The number of rotatable bonds is 4. The Hall–Kier alpha value is -1.59. The second-order valence-electron chi connectivity index (χ2n) is 3.72. The van der Waals surface area contributed by atoms with Crippen LogP contribution in [0.2, 0.25) is 0 Å². The first kappa shape index (κ1) is 10.9. The molecule has 80 valence electrons. The Bertz CT molecular complexity index is 453. The van der Waals surface area contributed by atoms with Gasteiger partial charge in [-0.2, -0.15) is 5.26 Å². The summed E-state index contributed by atoms with van der Waals surface area (Å²) >= 11 is 1.67. The van der Waals surface area contributed by atoms with Crippen molar-refractivity contribution in [2.24, 2.45) is 0 Å². The average molecular weight is 227 g/mol. The smallest absolute Gasteiger partial charge is 0.0809 e. The molecule has 1 atom stereocenters. The van der Waals surface area contributed by atoms with E-state index < -0.39 is 0 Å². The zero-order chi connectivity index (χ0) is 11.2. The highest BCUT2D eigenvalue weighted by Gasteiger charge is 2.11. The lowest BCUT2D eigenvalue weighted by atomic mass is 9.99. The molecule has 0 saturated heterocycles. The van der Waals surface area contributed by atoms with Crippen LogP contribution in [0, 0.1) is 11.3 Å². The van der Waals surface area contributed by atoms with Gasteiger partial charge in [0.1, 0.15) is 0 Å². The predicted molar refractivity (Wildman–Crippen MR) is 67.4 cm³/mol. The third kappa shape index (κ3) is 2.71. The third-order valence-electron chi connectivity index (χ3n) is 2.61. The maximum absolute atomic E-state index is 9.13. The number of aryl methyl sites for hydroxylation is 1. The van der Waals surface area contributed by atoms with Gasteiger partial charge in [0.15, 0.2) is 0 Å². The quantitative estimate of drug-likeness (QED) is 0.774. The van der Waals surface area contributed by atoms with E-state index in [0.717, 1.165) is 12.8 Å². The fourth-order valence-corrected chi connectivity index (χ4v) is 2.52. The van der Waals surface area contributed by atoms with Crippen LogP contribution in [0.25, 0.3) is 0 Å². The Kier molecular flexibility index (Phi) is 3.74. The number of nitriles is 1. The second kappa shape index (κ2) is 5.48. The van der Waals surface area contributed by atoms with Crippen molar-refractivity contribution in [2.45, 2.75) is 18.8 Å². The normalized spacial score (nSPS) is 11.9. The topological polar surface area (TPSA) is 23.8 Å². The van der Waals surface area contributed by atoms with Crippen LogP contribution in [0.3, 0.4) is 0 Å². The molecule has 1 heterocycles. The molecule has 1 aromatic heterocycles. The second-order valence-corrected chi connectivity index (χ2v) is 4.70. The van der Waals surface area contributed by atoms with Gasteiger partial charge in [-0.25, -0.2) is 0 Å². The monoisotopic (exact) mass is 227 g/mol. The molecule has 0 aliphatic carbocycles. The van der Waals surface area contributed by atoms with Crippen molar-refractivity contribution in [1.29, 1.82) is 5.26 Å². The molecule has 16 heavy (non-hydrogen) atoms. The molecule has 1 unspecified atom stereocenters. The van der Waals surface area contributed by atoms with Crippen LogP contribution >= 0.6 is 11.3 Å². The van der Waals surface area contributed by atoms with E-state index in [9.17, 15) is 0 Å². The van der Waals surface area contributed by atoms with Crippen molar-refractivity contribution in [2.75, 3.05) is 0 Å². The van der Waals surface area contributed by atoms with Gasteiger partial charge in [0.25, 0.3) is 0 Å². The van der Waals surface area contributed by atoms with Gasteiger partial charge in [-0.3, -0.25) is 0 Å². The molecule has 0 fully saturated rings. The standard InChI is InChI=1S/C14H13NS/c15-11-13(14-7-4-10-16-14)9-8-12-5-2-1-3-6-12/h1-7,10,13H,8-9H2. The van der Waals surface area contributed by atoms with Crippen LogP contribution in [-0.4, -0.2) is 0 Å². The summed E-state index contributed by atoms with van der Waals surface area (Å²) < 4.78 is 0. The molecule has 1 aromatic carbocycles. The van der Waals surface area contributed by atoms with Crippen molar-refractivity contribution < 1.29 is 0 Å². The maximum Gasteiger partial charge on any atom is 0.0809 e. The molecule has 0 saturated carbocycles. The lowest BCUT2D eigenvalue weighted by Gasteiger charge is -2.06. The van der Waals surface area contributed by atoms with Crippen LogP contribution in [0.1, 0.15) is 22.8 Å². The van der Waals surface area contributed by atoms with Gasteiger partial charge in [-0.1, -0.05) is 36.4 Å². The van der Waals surface area contributed by atoms with Crippen molar-refractivity contribution in [3.8, 4) is 6.07 Å². The lowest BCUT2D eigenvalue weighted by molar-refractivity contribution is 0.757. The van der Waals surface area contributed by atoms with Crippen molar-refractivity contribution >= 4 is 11.3 Å². The number of hydrogen-bond donors (Lipinski definition) is 0. The summed E-state index contributed by atoms with van der Waals surface area (Å²) in [7, 11) is 0. The van der Waals surface area contributed by atoms with Crippen molar-refractivity contribution in [1.82, 2.24) is 0 Å². The Labute approximate surface area is 100.0 Å². The van der Waals surface area contributed by atoms with Crippen LogP contribution in [0.5, 0.6) is 0 Å². The van der Waals surface area contributed by atoms with E-state index in [-0.39, 0.29) is 5.92 Å². The lowest BCUT2D eigenvalue weighted by Crippen LogP contribution is -1.95. The molecule has 0 amide bonds. The van der Waals surface area contributed by atoms with E-state index >= 15 is 0 Å². The Balaban J connectivity index is 1.97. The molecule has 1 nitrogen and oxygen atoms in total. The van der Waals surface area contributed by atoms with Crippen LogP contribution in [0.15, 0.2) is 47.8 Å². The SMILES string of the molecule is N#CC(CCc1ccccc1)c1cccs1.